The highest BCUT2D eigenvalue weighted by Crippen LogP contribution is 2.34. The highest BCUT2D eigenvalue weighted by Gasteiger charge is 2.21. The molecule has 1 aliphatic carbocycles. The van der Waals surface area contributed by atoms with Crippen molar-refractivity contribution in [3.63, 3.8) is 0 Å². The molecule has 0 unspecified atom stereocenters. The Kier molecular flexibility index (Phi) is 7.26. The van der Waals surface area contributed by atoms with Gasteiger partial charge in [0.15, 0.2) is 0 Å². The summed E-state index contributed by atoms with van der Waals surface area (Å²) in [6, 6.07) is 9.16. The van der Waals surface area contributed by atoms with Crippen LogP contribution in [0.5, 0.6) is 0 Å². The first-order valence-electron chi connectivity index (χ1n) is 9.02. The van der Waals surface area contributed by atoms with Crippen LogP contribution in [0.3, 0.4) is 0 Å². The second-order valence-electron chi connectivity index (χ2n) is 6.71. The Morgan fingerprint density at radius 3 is 2.14 bits per heavy atom. The van der Waals surface area contributed by atoms with Gasteiger partial charge in [-0.1, -0.05) is 63.3 Å². The molecule has 0 saturated heterocycles. The number of unbranched alkanes of at least 4 members (excludes halogenated alkanes) is 5. The summed E-state index contributed by atoms with van der Waals surface area (Å²) in [6.45, 7) is 2.27. The van der Waals surface area contributed by atoms with E-state index in [4.69, 9.17) is 0 Å². The second kappa shape index (κ2) is 9.23. The van der Waals surface area contributed by atoms with Gasteiger partial charge in [0.25, 0.3) is 0 Å². The van der Waals surface area contributed by atoms with Gasteiger partial charge >= 0.3 is 0 Å². The monoisotopic (exact) mass is 290 g/mol. The Balaban J connectivity index is 1.69. The number of hydrogen-bond acceptors (Lipinski definition) is 0. The Labute approximate surface area is 130 Å². The fourth-order valence-electron chi connectivity index (χ4n) is 3.45. The van der Waals surface area contributed by atoms with E-state index in [1.54, 1.807) is 0 Å². The molecule has 2 rings (SSSR count). The largest absolute Gasteiger partial charge is 0.247 e. The van der Waals surface area contributed by atoms with E-state index in [2.05, 4.69) is 31.2 Å². The number of rotatable bonds is 8. The molecule has 0 radical (unpaired) electrons. The predicted octanol–water partition coefficient (Wildman–Crippen LogP) is 6.59. The number of aryl methyl sites for hydroxylation is 1. The molecule has 0 aromatic heterocycles. The summed E-state index contributed by atoms with van der Waals surface area (Å²) in [6.07, 6.45) is 12.4. The van der Waals surface area contributed by atoms with Gasteiger partial charge in [0.2, 0.25) is 0 Å². The maximum atomic E-state index is 13.2. The molecular formula is C20H31F. The highest BCUT2D eigenvalue weighted by molar-refractivity contribution is 5.26. The number of benzene rings is 1. The summed E-state index contributed by atoms with van der Waals surface area (Å²) in [5, 5.41) is 0. The van der Waals surface area contributed by atoms with Crippen molar-refractivity contribution in [3.8, 4) is 0 Å². The summed E-state index contributed by atoms with van der Waals surface area (Å²) < 4.78 is 13.2. The Morgan fingerprint density at radius 1 is 0.857 bits per heavy atom. The fraction of sp³-hybridized carbons (Fsp3) is 0.700. The highest BCUT2D eigenvalue weighted by atomic mass is 19.1. The maximum Gasteiger partial charge on any atom is 0.100 e. The lowest BCUT2D eigenvalue weighted by atomic mass is 9.83. The molecule has 0 aliphatic heterocycles. The Morgan fingerprint density at radius 2 is 1.48 bits per heavy atom. The van der Waals surface area contributed by atoms with E-state index in [-0.39, 0.29) is 0 Å². The summed E-state index contributed by atoms with van der Waals surface area (Å²) in [7, 11) is 0. The van der Waals surface area contributed by atoms with E-state index in [1.807, 2.05) is 0 Å². The number of alkyl halides is 1. The lowest BCUT2D eigenvalue weighted by Gasteiger charge is -2.24. The van der Waals surface area contributed by atoms with Gasteiger partial charge in [-0.2, -0.15) is 0 Å². The van der Waals surface area contributed by atoms with Gasteiger partial charge in [0.05, 0.1) is 0 Å². The van der Waals surface area contributed by atoms with E-state index in [0.717, 1.165) is 25.7 Å². The van der Waals surface area contributed by atoms with Crippen molar-refractivity contribution >= 4 is 0 Å². The third-order valence-corrected chi connectivity index (χ3v) is 4.93. The van der Waals surface area contributed by atoms with Crippen molar-refractivity contribution in [1.29, 1.82) is 0 Å². The SMILES string of the molecule is CCCCCCCCc1ccc(C2CCC(F)CC2)cc1. The van der Waals surface area contributed by atoms with Gasteiger partial charge in [-0.3, -0.25) is 0 Å². The smallest absolute Gasteiger partial charge is 0.100 e. The predicted molar refractivity (Wildman–Crippen MR) is 89.6 cm³/mol. The van der Waals surface area contributed by atoms with Crippen LogP contribution in [0.2, 0.25) is 0 Å². The standard InChI is InChI=1S/C20H31F/c1-2-3-4-5-6-7-8-17-9-11-18(12-10-17)19-13-15-20(21)16-14-19/h9-12,19-20H,2-8,13-16H2,1H3. The van der Waals surface area contributed by atoms with Crippen molar-refractivity contribution < 1.29 is 4.39 Å². The van der Waals surface area contributed by atoms with Gasteiger partial charge in [-0.05, 0) is 55.6 Å². The van der Waals surface area contributed by atoms with Gasteiger partial charge in [0.1, 0.15) is 6.17 Å². The van der Waals surface area contributed by atoms with Crippen LogP contribution in [-0.2, 0) is 6.42 Å². The molecule has 1 aromatic rings. The zero-order valence-electron chi connectivity index (χ0n) is 13.6. The third-order valence-electron chi connectivity index (χ3n) is 4.93. The van der Waals surface area contributed by atoms with Crippen LogP contribution >= 0.6 is 0 Å². The van der Waals surface area contributed by atoms with Crippen molar-refractivity contribution in [1.82, 2.24) is 0 Å². The zero-order chi connectivity index (χ0) is 14.9. The molecule has 0 nitrogen and oxygen atoms in total. The average Bonchev–Trinajstić information content (AvgIpc) is 2.52. The first-order chi connectivity index (χ1) is 10.3. The number of halogens is 1. The molecule has 118 valence electrons. The molecule has 0 amide bonds. The molecule has 0 spiro atoms. The first kappa shape index (κ1) is 16.5. The van der Waals surface area contributed by atoms with E-state index < -0.39 is 6.17 Å². The minimum Gasteiger partial charge on any atom is -0.247 e. The average molecular weight is 290 g/mol. The van der Waals surface area contributed by atoms with Crippen molar-refractivity contribution in [3.05, 3.63) is 35.4 Å². The molecule has 1 saturated carbocycles. The Bertz CT molecular complexity index is 373. The molecule has 0 atom stereocenters. The summed E-state index contributed by atoms with van der Waals surface area (Å²) in [5.74, 6) is 0.597. The fourth-order valence-corrected chi connectivity index (χ4v) is 3.45. The minimum absolute atomic E-state index is 0.548. The molecule has 21 heavy (non-hydrogen) atoms. The molecule has 1 aliphatic rings. The Hall–Kier alpha value is -0.850. The van der Waals surface area contributed by atoms with Gasteiger partial charge in [0, 0.05) is 0 Å². The normalized spacial score (nSPS) is 22.4. The first-order valence-corrected chi connectivity index (χ1v) is 9.02. The second-order valence-corrected chi connectivity index (χ2v) is 6.71. The molecule has 1 aromatic carbocycles. The third kappa shape index (κ3) is 5.80. The van der Waals surface area contributed by atoms with Gasteiger partial charge < -0.3 is 0 Å². The zero-order valence-corrected chi connectivity index (χ0v) is 13.6. The van der Waals surface area contributed by atoms with Crippen LogP contribution in [0.25, 0.3) is 0 Å². The molecule has 0 bridgehead atoms. The van der Waals surface area contributed by atoms with Crippen LogP contribution in [0, 0.1) is 0 Å². The van der Waals surface area contributed by atoms with Crippen LogP contribution in [-0.4, -0.2) is 6.17 Å². The summed E-state index contributed by atoms with van der Waals surface area (Å²) >= 11 is 0. The van der Waals surface area contributed by atoms with E-state index in [0.29, 0.717) is 5.92 Å². The maximum absolute atomic E-state index is 13.2. The molecular weight excluding hydrogens is 259 g/mol. The van der Waals surface area contributed by atoms with Crippen molar-refractivity contribution in [2.45, 2.75) is 89.6 Å². The van der Waals surface area contributed by atoms with Crippen LogP contribution < -0.4 is 0 Å². The lowest BCUT2D eigenvalue weighted by molar-refractivity contribution is 0.235. The van der Waals surface area contributed by atoms with E-state index in [9.17, 15) is 4.39 Å². The quantitative estimate of drug-likeness (QED) is 0.474. The molecule has 0 N–H and O–H groups in total. The minimum atomic E-state index is -0.548. The molecule has 1 fully saturated rings. The van der Waals surface area contributed by atoms with Gasteiger partial charge in [-0.25, -0.2) is 4.39 Å². The van der Waals surface area contributed by atoms with E-state index >= 15 is 0 Å². The molecule has 1 heteroatoms. The van der Waals surface area contributed by atoms with Crippen molar-refractivity contribution in [2.75, 3.05) is 0 Å². The van der Waals surface area contributed by atoms with Crippen molar-refractivity contribution in [2.24, 2.45) is 0 Å². The van der Waals surface area contributed by atoms with E-state index in [1.165, 1.54) is 56.1 Å². The molecule has 0 heterocycles. The number of hydrogen-bond donors (Lipinski definition) is 0. The summed E-state index contributed by atoms with van der Waals surface area (Å²) in [5.41, 5.74) is 2.89. The topological polar surface area (TPSA) is 0 Å². The summed E-state index contributed by atoms with van der Waals surface area (Å²) in [4.78, 5) is 0. The van der Waals surface area contributed by atoms with Crippen LogP contribution in [0.4, 0.5) is 4.39 Å². The van der Waals surface area contributed by atoms with Crippen LogP contribution in [0.1, 0.15) is 88.2 Å². The van der Waals surface area contributed by atoms with Crippen LogP contribution in [0.15, 0.2) is 24.3 Å². The van der Waals surface area contributed by atoms with Gasteiger partial charge in [-0.15, -0.1) is 0 Å². The lowest BCUT2D eigenvalue weighted by Crippen LogP contribution is -2.13.